The second kappa shape index (κ2) is 4.45. The molecule has 78 valence electrons. The quantitative estimate of drug-likeness (QED) is 0.800. The Kier molecular flexibility index (Phi) is 3.02. The second-order valence-electron chi connectivity index (χ2n) is 3.97. The molecule has 1 heteroatoms. The molecule has 15 heavy (non-hydrogen) atoms. The molecule has 0 bridgehead atoms. The number of benzene rings is 2. The predicted octanol–water partition coefficient (Wildman–Crippen LogP) is 3.26. The lowest BCUT2D eigenvalue weighted by molar-refractivity contribution is 0.727. The van der Waals surface area contributed by atoms with Crippen molar-refractivity contribution in [2.45, 2.75) is 20.4 Å². The minimum atomic E-state index is 0.959. The van der Waals surface area contributed by atoms with Gasteiger partial charge in [0.05, 0.1) is 0 Å². The molecule has 1 nitrogen and oxygen atoms in total. The van der Waals surface area contributed by atoms with Gasteiger partial charge in [-0.15, -0.1) is 0 Å². The first kappa shape index (κ1) is 10.2. The fourth-order valence-corrected chi connectivity index (χ4v) is 1.79. The first-order valence-corrected chi connectivity index (χ1v) is 5.49. The minimum absolute atomic E-state index is 0.959. The van der Waals surface area contributed by atoms with Crippen molar-refractivity contribution >= 4 is 10.8 Å². The first-order chi connectivity index (χ1) is 7.29. The average molecular weight is 199 g/mol. The minimum Gasteiger partial charge on any atom is -0.313 e. The number of hydrogen-bond donors (Lipinski definition) is 1. The molecule has 0 aliphatic heterocycles. The van der Waals surface area contributed by atoms with Gasteiger partial charge in [0, 0.05) is 6.54 Å². The van der Waals surface area contributed by atoms with Crippen LogP contribution in [0.4, 0.5) is 0 Å². The zero-order valence-corrected chi connectivity index (χ0v) is 9.38. The Labute approximate surface area is 91.1 Å². The van der Waals surface area contributed by atoms with Gasteiger partial charge >= 0.3 is 0 Å². The summed E-state index contributed by atoms with van der Waals surface area (Å²) in [5.74, 6) is 0. The number of hydrogen-bond acceptors (Lipinski definition) is 1. The van der Waals surface area contributed by atoms with E-state index in [0.717, 1.165) is 13.1 Å². The van der Waals surface area contributed by atoms with Crippen molar-refractivity contribution in [1.29, 1.82) is 0 Å². The van der Waals surface area contributed by atoms with Crippen molar-refractivity contribution < 1.29 is 0 Å². The Bertz CT molecular complexity index is 460. The smallest absolute Gasteiger partial charge is 0.0205 e. The monoisotopic (exact) mass is 199 g/mol. The Morgan fingerprint density at radius 1 is 1.00 bits per heavy atom. The number of rotatable bonds is 3. The highest BCUT2D eigenvalue weighted by atomic mass is 14.8. The van der Waals surface area contributed by atoms with Crippen LogP contribution < -0.4 is 5.32 Å². The molecule has 0 radical (unpaired) electrons. The van der Waals surface area contributed by atoms with Crippen molar-refractivity contribution in [2.24, 2.45) is 0 Å². The molecule has 2 aromatic rings. The van der Waals surface area contributed by atoms with Crippen LogP contribution in [0.1, 0.15) is 18.1 Å². The van der Waals surface area contributed by atoms with E-state index in [-0.39, 0.29) is 0 Å². The van der Waals surface area contributed by atoms with E-state index in [2.05, 4.69) is 55.6 Å². The molecule has 0 fully saturated rings. The maximum atomic E-state index is 3.34. The standard InChI is InChI=1S/C14H17N/c1-3-15-10-12-5-7-13-8-11(2)4-6-14(13)9-12/h4-9,15H,3,10H2,1-2H3. The molecule has 0 saturated carbocycles. The van der Waals surface area contributed by atoms with Gasteiger partial charge in [0.15, 0.2) is 0 Å². The molecule has 0 saturated heterocycles. The molecule has 0 heterocycles. The zero-order valence-electron chi connectivity index (χ0n) is 9.38. The normalized spacial score (nSPS) is 10.8. The van der Waals surface area contributed by atoms with Crippen molar-refractivity contribution in [1.82, 2.24) is 5.32 Å². The third kappa shape index (κ3) is 2.37. The number of nitrogens with one attached hydrogen (secondary N) is 1. The van der Waals surface area contributed by atoms with E-state index in [1.54, 1.807) is 0 Å². The highest BCUT2D eigenvalue weighted by molar-refractivity contribution is 5.83. The lowest BCUT2D eigenvalue weighted by Crippen LogP contribution is -2.11. The van der Waals surface area contributed by atoms with Crippen LogP contribution in [0.2, 0.25) is 0 Å². The molecule has 0 spiro atoms. The number of aryl methyl sites for hydroxylation is 1. The highest BCUT2D eigenvalue weighted by Gasteiger charge is 1.96. The van der Waals surface area contributed by atoms with E-state index in [0.29, 0.717) is 0 Å². The summed E-state index contributed by atoms with van der Waals surface area (Å²) in [6, 6.07) is 13.3. The molecule has 0 amide bonds. The van der Waals surface area contributed by atoms with Crippen LogP contribution in [0.5, 0.6) is 0 Å². The second-order valence-corrected chi connectivity index (χ2v) is 3.97. The highest BCUT2D eigenvalue weighted by Crippen LogP contribution is 2.17. The van der Waals surface area contributed by atoms with E-state index < -0.39 is 0 Å². The molecular weight excluding hydrogens is 182 g/mol. The summed E-state index contributed by atoms with van der Waals surface area (Å²) in [6.45, 7) is 6.24. The third-order valence-corrected chi connectivity index (χ3v) is 2.64. The van der Waals surface area contributed by atoms with Gasteiger partial charge in [-0.3, -0.25) is 0 Å². The van der Waals surface area contributed by atoms with E-state index in [9.17, 15) is 0 Å². The molecule has 2 rings (SSSR count). The van der Waals surface area contributed by atoms with E-state index in [4.69, 9.17) is 0 Å². The molecule has 0 unspecified atom stereocenters. The Morgan fingerprint density at radius 2 is 1.73 bits per heavy atom. The summed E-state index contributed by atoms with van der Waals surface area (Å²) >= 11 is 0. The largest absolute Gasteiger partial charge is 0.313 e. The molecule has 0 atom stereocenters. The molecular formula is C14H17N. The summed E-state index contributed by atoms with van der Waals surface area (Å²) < 4.78 is 0. The van der Waals surface area contributed by atoms with Gasteiger partial charge in [-0.05, 0) is 35.9 Å². The van der Waals surface area contributed by atoms with Crippen LogP contribution in [0.3, 0.4) is 0 Å². The summed E-state index contributed by atoms with van der Waals surface area (Å²) in [5, 5.41) is 6.00. The molecule has 0 aliphatic carbocycles. The molecule has 2 aromatic carbocycles. The summed E-state index contributed by atoms with van der Waals surface area (Å²) in [7, 11) is 0. The predicted molar refractivity (Wildman–Crippen MR) is 66.1 cm³/mol. The summed E-state index contributed by atoms with van der Waals surface area (Å²) in [5.41, 5.74) is 2.68. The van der Waals surface area contributed by atoms with Gasteiger partial charge in [0.2, 0.25) is 0 Å². The van der Waals surface area contributed by atoms with E-state index in [1.165, 1.54) is 21.9 Å². The molecule has 0 aromatic heterocycles. The van der Waals surface area contributed by atoms with Gasteiger partial charge in [0.25, 0.3) is 0 Å². The van der Waals surface area contributed by atoms with Crippen molar-refractivity contribution in [3.8, 4) is 0 Å². The van der Waals surface area contributed by atoms with Gasteiger partial charge in [0.1, 0.15) is 0 Å². The Balaban J connectivity index is 2.34. The van der Waals surface area contributed by atoms with Gasteiger partial charge in [-0.2, -0.15) is 0 Å². The Hall–Kier alpha value is -1.34. The van der Waals surface area contributed by atoms with Crippen LogP contribution in [0, 0.1) is 6.92 Å². The fourth-order valence-electron chi connectivity index (χ4n) is 1.79. The maximum Gasteiger partial charge on any atom is 0.0205 e. The van der Waals surface area contributed by atoms with Crippen molar-refractivity contribution in [2.75, 3.05) is 6.54 Å². The van der Waals surface area contributed by atoms with E-state index >= 15 is 0 Å². The maximum absolute atomic E-state index is 3.34. The Morgan fingerprint density at radius 3 is 2.53 bits per heavy atom. The van der Waals surface area contributed by atoms with Crippen molar-refractivity contribution in [3.63, 3.8) is 0 Å². The van der Waals surface area contributed by atoms with Gasteiger partial charge in [-0.1, -0.05) is 42.8 Å². The van der Waals surface area contributed by atoms with Crippen LogP contribution >= 0.6 is 0 Å². The van der Waals surface area contributed by atoms with Crippen molar-refractivity contribution in [3.05, 3.63) is 47.5 Å². The molecule has 0 aliphatic rings. The molecule has 1 N–H and O–H groups in total. The summed E-state index contributed by atoms with van der Waals surface area (Å²) in [6.07, 6.45) is 0. The van der Waals surface area contributed by atoms with Crippen LogP contribution in [0.25, 0.3) is 10.8 Å². The van der Waals surface area contributed by atoms with Gasteiger partial charge < -0.3 is 5.32 Å². The third-order valence-electron chi connectivity index (χ3n) is 2.64. The fraction of sp³-hybridized carbons (Fsp3) is 0.286. The van der Waals surface area contributed by atoms with Gasteiger partial charge in [-0.25, -0.2) is 0 Å². The van der Waals surface area contributed by atoms with E-state index in [1.807, 2.05) is 0 Å². The summed E-state index contributed by atoms with van der Waals surface area (Å²) in [4.78, 5) is 0. The first-order valence-electron chi connectivity index (χ1n) is 5.49. The SMILES string of the molecule is CCNCc1ccc2cc(C)ccc2c1. The van der Waals surface area contributed by atoms with Crippen LogP contribution in [0.15, 0.2) is 36.4 Å². The van der Waals surface area contributed by atoms with Crippen LogP contribution in [-0.2, 0) is 6.54 Å². The topological polar surface area (TPSA) is 12.0 Å². The lowest BCUT2D eigenvalue weighted by atomic mass is 10.0. The average Bonchev–Trinajstić information content (AvgIpc) is 2.26. The zero-order chi connectivity index (χ0) is 10.7. The number of fused-ring (bicyclic) bond motifs is 1. The lowest BCUT2D eigenvalue weighted by Gasteiger charge is -2.05. The van der Waals surface area contributed by atoms with Crippen LogP contribution in [-0.4, -0.2) is 6.54 Å².